The molecule has 5 nitrogen and oxygen atoms in total. The highest BCUT2D eigenvalue weighted by Crippen LogP contribution is 2.19. The van der Waals surface area contributed by atoms with Crippen molar-refractivity contribution in [2.75, 3.05) is 11.9 Å². The number of carbonyl (C=O) groups is 1. The molecule has 0 fully saturated rings. The fraction of sp³-hybridized carbons (Fsp3) is 0.455. The van der Waals surface area contributed by atoms with Gasteiger partial charge in [-0.2, -0.15) is 0 Å². The molecule has 0 amide bonds. The summed E-state index contributed by atoms with van der Waals surface area (Å²) in [6.07, 6.45) is 2.70. The van der Waals surface area contributed by atoms with E-state index in [-0.39, 0.29) is 23.2 Å². The molecule has 0 aromatic carbocycles. The van der Waals surface area contributed by atoms with Crippen LogP contribution in [0.1, 0.15) is 30.1 Å². The van der Waals surface area contributed by atoms with Gasteiger partial charge in [-0.05, 0) is 18.9 Å². The van der Waals surface area contributed by atoms with Gasteiger partial charge in [0.2, 0.25) is 0 Å². The molecule has 0 saturated heterocycles. The average molecular weight is 259 g/mol. The molecule has 6 heteroatoms. The molecule has 1 aromatic rings. The number of nitrogens with one attached hydrogen (secondary N) is 1. The molecule has 0 aliphatic heterocycles. The first-order chi connectivity index (χ1) is 8.08. The molecule has 1 heterocycles. The smallest absolute Gasteiger partial charge is 0.337 e. The minimum Gasteiger partial charge on any atom is -0.478 e. The Bertz CT molecular complexity index is 398. The van der Waals surface area contributed by atoms with Crippen molar-refractivity contribution in [1.29, 1.82) is 0 Å². The average Bonchev–Trinajstić information content (AvgIpc) is 2.30. The summed E-state index contributed by atoms with van der Waals surface area (Å²) in [5, 5.41) is 20.9. The van der Waals surface area contributed by atoms with Crippen LogP contribution in [-0.4, -0.2) is 33.8 Å². The lowest BCUT2D eigenvalue weighted by molar-refractivity contribution is 0.0697. The summed E-state index contributed by atoms with van der Waals surface area (Å²) in [4.78, 5) is 14.9. The Kier molecular flexibility index (Phi) is 5.18. The van der Waals surface area contributed by atoms with Crippen molar-refractivity contribution in [3.63, 3.8) is 0 Å². The largest absolute Gasteiger partial charge is 0.478 e. The third kappa shape index (κ3) is 3.87. The van der Waals surface area contributed by atoms with Gasteiger partial charge in [-0.1, -0.05) is 18.5 Å². The van der Waals surface area contributed by atoms with E-state index in [1.165, 1.54) is 12.3 Å². The number of aliphatic hydroxyl groups is 1. The van der Waals surface area contributed by atoms with E-state index in [9.17, 15) is 4.79 Å². The quantitative estimate of drug-likeness (QED) is 0.727. The number of nitrogens with zero attached hydrogens (tertiary/aromatic N) is 1. The van der Waals surface area contributed by atoms with Crippen LogP contribution in [-0.2, 0) is 0 Å². The number of hydrogen-bond acceptors (Lipinski definition) is 4. The second-order valence-corrected chi connectivity index (χ2v) is 4.02. The van der Waals surface area contributed by atoms with Crippen LogP contribution in [0.3, 0.4) is 0 Å². The van der Waals surface area contributed by atoms with Crippen LogP contribution < -0.4 is 5.32 Å². The van der Waals surface area contributed by atoms with Gasteiger partial charge in [0.15, 0.2) is 0 Å². The molecule has 1 atom stereocenters. The van der Waals surface area contributed by atoms with Crippen molar-refractivity contribution < 1.29 is 15.0 Å². The van der Waals surface area contributed by atoms with Gasteiger partial charge in [-0.15, -0.1) is 0 Å². The van der Waals surface area contributed by atoms with Crippen LogP contribution in [0.4, 0.5) is 5.82 Å². The van der Waals surface area contributed by atoms with Crippen LogP contribution >= 0.6 is 11.6 Å². The van der Waals surface area contributed by atoms with Crippen molar-refractivity contribution in [2.45, 2.75) is 25.8 Å². The van der Waals surface area contributed by atoms with Gasteiger partial charge in [0.1, 0.15) is 5.82 Å². The van der Waals surface area contributed by atoms with E-state index in [0.29, 0.717) is 12.2 Å². The van der Waals surface area contributed by atoms with Crippen LogP contribution in [0.15, 0.2) is 12.3 Å². The van der Waals surface area contributed by atoms with Crippen LogP contribution in [0.2, 0.25) is 5.02 Å². The maximum atomic E-state index is 10.9. The number of hydrogen-bond donors (Lipinski definition) is 3. The van der Waals surface area contributed by atoms with Gasteiger partial charge in [0.25, 0.3) is 0 Å². The third-order valence-corrected chi connectivity index (χ3v) is 2.71. The third-order valence-electron chi connectivity index (χ3n) is 2.41. The van der Waals surface area contributed by atoms with Crippen molar-refractivity contribution in [1.82, 2.24) is 4.98 Å². The molecular weight excluding hydrogens is 244 g/mol. The summed E-state index contributed by atoms with van der Waals surface area (Å²) in [6.45, 7) is 2.05. The number of rotatable bonds is 6. The molecule has 1 unspecified atom stereocenters. The van der Waals surface area contributed by atoms with Crippen molar-refractivity contribution in [3.8, 4) is 0 Å². The summed E-state index contributed by atoms with van der Waals surface area (Å²) >= 11 is 5.71. The zero-order valence-electron chi connectivity index (χ0n) is 9.48. The van der Waals surface area contributed by atoms with Crippen molar-refractivity contribution >= 4 is 23.4 Å². The SMILES string of the molecule is CCC(CCO)Nc1cc(C(=O)O)c(Cl)cn1. The van der Waals surface area contributed by atoms with Crippen LogP contribution in [0.25, 0.3) is 0 Å². The minimum atomic E-state index is -1.09. The van der Waals surface area contributed by atoms with Crippen LogP contribution in [0, 0.1) is 0 Å². The van der Waals surface area contributed by atoms with Gasteiger partial charge < -0.3 is 15.5 Å². The van der Waals surface area contributed by atoms with Gasteiger partial charge in [-0.25, -0.2) is 9.78 Å². The first kappa shape index (κ1) is 13.7. The van der Waals surface area contributed by atoms with E-state index < -0.39 is 5.97 Å². The van der Waals surface area contributed by atoms with E-state index in [0.717, 1.165) is 6.42 Å². The Hall–Kier alpha value is -1.33. The number of aromatic nitrogens is 1. The first-order valence-corrected chi connectivity index (χ1v) is 5.72. The predicted octanol–water partition coefficient (Wildman–Crippen LogP) is 2.01. The van der Waals surface area contributed by atoms with Gasteiger partial charge in [-0.3, -0.25) is 0 Å². The fourth-order valence-electron chi connectivity index (χ4n) is 1.42. The molecule has 0 saturated carbocycles. The minimum absolute atomic E-state index is 0.0167. The summed E-state index contributed by atoms with van der Waals surface area (Å²) in [5.74, 6) is -0.636. The second kappa shape index (κ2) is 6.42. The summed E-state index contributed by atoms with van der Waals surface area (Å²) < 4.78 is 0. The predicted molar refractivity (Wildman–Crippen MR) is 65.6 cm³/mol. The lowest BCUT2D eigenvalue weighted by Crippen LogP contribution is -2.20. The molecular formula is C11H15ClN2O3. The van der Waals surface area contributed by atoms with Gasteiger partial charge >= 0.3 is 5.97 Å². The second-order valence-electron chi connectivity index (χ2n) is 3.62. The van der Waals surface area contributed by atoms with E-state index in [1.807, 2.05) is 6.92 Å². The molecule has 0 aliphatic carbocycles. The molecule has 0 spiro atoms. The van der Waals surface area contributed by atoms with E-state index in [4.69, 9.17) is 21.8 Å². The Morgan fingerprint density at radius 1 is 1.65 bits per heavy atom. The Morgan fingerprint density at radius 3 is 2.88 bits per heavy atom. The molecule has 0 bridgehead atoms. The highest BCUT2D eigenvalue weighted by atomic mass is 35.5. The van der Waals surface area contributed by atoms with Gasteiger partial charge in [0, 0.05) is 18.8 Å². The zero-order valence-corrected chi connectivity index (χ0v) is 10.2. The standard InChI is InChI=1S/C11H15ClN2O3/c1-2-7(3-4-15)14-10-5-8(11(16)17)9(12)6-13-10/h5-7,15H,2-4H2,1H3,(H,13,14)(H,16,17). The highest BCUT2D eigenvalue weighted by Gasteiger charge is 2.12. The molecule has 0 aliphatic rings. The zero-order chi connectivity index (χ0) is 12.8. The van der Waals surface area contributed by atoms with E-state index in [2.05, 4.69) is 10.3 Å². The number of pyridine rings is 1. The molecule has 0 radical (unpaired) electrons. The number of halogens is 1. The Morgan fingerprint density at radius 2 is 2.35 bits per heavy atom. The highest BCUT2D eigenvalue weighted by molar-refractivity contribution is 6.33. The molecule has 3 N–H and O–H groups in total. The number of aliphatic hydroxyl groups excluding tert-OH is 1. The van der Waals surface area contributed by atoms with E-state index in [1.54, 1.807) is 0 Å². The maximum Gasteiger partial charge on any atom is 0.337 e. The number of carboxylic acids is 1. The number of anilines is 1. The fourth-order valence-corrected chi connectivity index (χ4v) is 1.61. The maximum absolute atomic E-state index is 10.9. The normalized spacial score (nSPS) is 12.2. The van der Waals surface area contributed by atoms with Crippen molar-refractivity contribution in [2.24, 2.45) is 0 Å². The van der Waals surface area contributed by atoms with Crippen LogP contribution in [0.5, 0.6) is 0 Å². The van der Waals surface area contributed by atoms with E-state index >= 15 is 0 Å². The molecule has 1 aromatic heterocycles. The molecule has 17 heavy (non-hydrogen) atoms. The first-order valence-electron chi connectivity index (χ1n) is 5.34. The summed E-state index contributed by atoms with van der Waals surface area (Å²) in [5.41, 5.74) is 0.0167. The lowest BCUT2D eigenvalue weighted by Gasteiger charge is -2.16. The summed E-state index contributed by atoms with van der Waals surface area (Å²) in [7, 11) is 0. The topological polar surface area (TPSA) is 82.5 Å². The Labute approximate surface area is 104 Å². The lowest BCUT2D eigenvalue weighted by atomic mass is 10.1. The number of aromatic carboxylic acids is 1. The molecule has 94 valence electrons. The Balaban J connectivity index is 2.84. The van der Waals surface area contributed by atoms with Crippen molar-refractivity contribution in [3.05, 3.63) is 22.8 Å². The summed E-state index contributed by atoms with van der Waals surface area (Å²) in [6, 6.07) is 1.46. The molecule has 1 rings (SSSR count). The van der Waals surface area contributed by atoms with Gasteiger partial charge in [0.05, 0.1) is 10.6 Å². The monoisotopic (exact) mass is 258 g/mol. The number of carboxylic acid groups (broad SMARTS) is 1.